The molecule has 1 aliphatic carbocycles. The van der Waals surface area contributed by atoms with Crippen molar-refractivity contribution in [3.63, 3.8) is 0 Å². The van der Waals surface area contributed by atoms with Crippen LogP contribution in [0.3, 0.4) is 0 Å². The number of nitrogens with one attached hydrogen (secondary N) is 1. The number of carboxylic acid groups (broad SMARTS) is 1. The molecule has 0 heterocycles. The summed E-state index contributed by atoms with van der Waals surface area (Å²) < 4.78 is 5.50. The van der Waals surface area contributed by atoms with Crippen LogP contribution in [0.15, 0.2) is 72.8 Å². The highest BCUT2D eigenvalue weighted by molar-refractivity contribution is 6.33. The first-order valence-corrected chi connectivity index (χ1v) is 10.7. The van der Waals surface area contributed by atoms with Crippen LogP contribution in [0.25, 0.3) is 17.2 Å². The number of hydrogen-bond donors (Lipinski definition) is 2. The number of ether oxygens (including phenoxy) is 1. The summed E-state index contributed by atoms with van der Waals surface area (Å²) in [6, 6.07) is 21.3. The van der Waals surface area contributed by atoms with Gasteiger partial charge in [-0.3, -0.25) is 0 Å². The highest BCUT2D eigenvalue weighted by Crippen LogP contribution is 2.44. The summed E-state index contributed by atoms with van der Waals surface area (Å²) in [6.45, 7) is 0.635. The van der Waals surface area contributed by atoms with Gasteiger partial charge in [0.15, 0.2) is 0 Å². The number of aromatic carboxylic acids is 1. The largest absolute Gasteiger partial charge is 0.478 e. The summed E-state index contributed by atoms with van der Waals surface area (Å²) >= 11 is 5.97. The Balaban J connectivity index is 1.29. The number of alkyl carbamates (subject to hydrolysis) is 1. The van der Waals surface area contributed by atoms with Crippen LogP contribution in [0.5, 0.6) is 0 Å². The fourth-order valence-corrected chi connectivity index (χ4v) is 4.29. The van der Waals surface area contributed by atoms with Gasteiger partial charge in [-0.25, -0.2) is 9.59 Å². The van der Waals surface area contributed by atoms with Crippen molar-refractivity contribution in [2.24, 2.45) is 0 Å². The maximum atomic E-state index is 12.2. The molecule has 0 fully saturated rings. The molecule has 5 nitrogen and oxygen atoms in total. The molecule has 0 radical (unpaired) electrons. The molecular formula is C26H22ClNO4. The van der Waals surface area contributed by atoms with E-state index in [-0.39, 0.29) is 23.1 Å². The first kappa shape index (κ1) is 21.7. The zero-order chi connectivity index (χ0) is 22.5. The molecular weight excluding hydrogens is 426 g/mol. The Morgan fingerprint density at radius 3 is 2.28 bits per heavy atom. The first-order chi connectivity index (χ1) is 15.6. The van der Waals surface area contributed by atoms with Gasteiger partial charge in [0.1, 0.15) is 6.61 Å². The van der Waals surface area contributed by atoms with Gasteiger partial charge in [0, 0.05) is 12.5 Å². The maximum Gasteiger partial charge on any atom is 0.407 e. The Hall–Kier alpha value is -3.57. The zero-order valence-electron chi connectivity index (χ0n) is 17.3. The third-order valence-corrected chi connectivity index (χ3v) is 5.80. The van der Waals surface area contributed by atoms with Gasteiger partial charge in [-0.1, -0.05) is 84.4 Å². The number of halogens is 1. The second-order valence-corrected chi connectivity index (χ2v) is 7.86. The van der Waals surface area contributed by atoms with Crippen LogP contribution >= 0.6 is 11.6 Å². The molecule has 6 heteroatoms. The van der Waals surface area contributed by atoms with Crippen molar-refractivity contribution < 1.29 is 19.4 Å². The molecule has 0 unspecified atom stereocenters. The molecule has 0 aromatic heterocycles. The van der Waals surface area contributed by atoms with E-state index in [4.69, 9.17) is 16.3 Å². The molecule has 32 heavy (non-hydrogen) atoms. The first-order valence-electron chi connectivity index (χ1n) is 10.3. The molecule has 2 N–H and O–H groups in total. The highest BCUT2D eigenvalue weighted by Gasteiger charge is 2.28. The van der Waals surface area contributed by atoms with E-state index < -0.39 is 12.1 Å². The molecule has 1 amide bonds. The molecule has 162 valence electrons. The normalized spacial score (nSPS) is 12.4. The Kier molecular flexibility index (Phi) is 6.57. The molecule has 0 aliphatic heterocycles. The average molecular weight is 448 g/mol. The minimum Gasteiger partial charge on any atom is -0.478 e. The fourth-order valence-electron chi connectivity index (χ4n) is 4.02. The zero-order valence-corrected chi connectivity index (χ0v) is 18.0. The Bertz CT molecular complexity index is 1140. The van der Waals surface area contributed by atoms with Crippen molar-refractivity contribution in [2.45, 2.75) is 12.3 Å². The van der Waals surface area contributed by atoms with Gasteiger partial charge < -0.3 is 15.2 Å². The maximum absolute atomic E-state index is 12.2. The van der Waals surface area contributed by atoms with Crippen LogP contribution in [0.1, 0.15) is 39.4 Å². The van der Waals surface area contributed by atoms with Crippen LogP contribution in [0.2, 0.25) is 5.02 Å². The van der Waals surface area contributed by atoms with Gasteiger partial charge in [0.25, 0.3) is 0 Å². The molecule has 0 spiro atoms. The lowest BCUT2D eigenvalue weighted by atomic mass is 9.98. The molecule has 0 bridgehead atoms. The second kappa shape index (κ2) is 9.71. The summed E-state index contributed by atoms with van der Waals surface area (Å²) in [5.74, 6) is -1.06. The van der Waals surface area contributed by atoms with Gasteiger partial charge in [-0.15, -0.1) is 0 Å². The lowest BCUT2D eigenvalue weighted by Crippen LogP contribution is -2.26. The topological polar surface area (TPSA) is 75.6 Å². The molecule has 0 saturated heterocycles. The van der Waals surface area contributed by atoms with E-state index in [2.05, 4.69) is 29.6 Å². The number of hydrogen-bond acceptors (Lipinski definition) is 3. The number of carboxylic acids is 1. The van der Waals surface area contributed by atoms with Crippen molar-refractivity contribution in [2.75, 3.05) is 13.2 Å². The van der Waals surface area contributed by atoms with Crippen molar-refractivity contribution >= 4 is 29.7 Å². The molecule has 4 rings (SSSR count). The minimum atomic E-state index is -1.08. The molecule has 3 aromatic carbocycles. The van der Waals surface area contributed by atoms with E-state index in [1.54, 1.807) is 30.4 Å². The molecule has 0 saturated carbocycles. The number of fused-ring (bicyclic) bond motifs is 3. The number of carbonyl (C=O) groups excluding carboxylic acids is 1. The summed E-state index contributed by atoms with van der Waals surface area (Å²) in [4.78, 5) is 23.6. The van der Waals surface area contributed by atoms with E-state index in [1.807, 2.05) is 24.3 Å². The molecule has 1 aliphatic rings. The van der Waals surface area contributed by atoms with Crippen LogP contribution in [-0.4, -0.2) is 30.3 Å². The fraction of sp³-hybridized carbons (Fsp3) is 0.154. The summed E-state index contributed by atoms with van der Waals surface area (Å²) in [6.07, 6.45) is 3.53. The summed E-state index contributed by atoms with van der Waals surface area (Å²) in [7, 11) is 0. The van der Waals surface area contributed by atoms with Gasteiger partial charge in [0.05, 0.1) is 10.6 Å². The molecule has 3 aromatic rings. The minimum absolute atomic E-state index is 0.0188. The second-order valence-electron chi connectivity index (χ2n) is 7.45. The third-order valence-electron chi connectivity index (χ3n) is 5.48. The Morgan fingerprint density at radius 2 is 1.62 bits per heavy atom. The van der Waals surface area contributed by atoms with Crippen molar-refractivity contribution in [3.8, 4) is 11.1 Å². The number of carbonyl (C=O) groups is 2. The number of amides is 1. The van der Waals surface area contributed by atoms with Crippen LogP contribution < -0.4 is 5.32 Å². The lowest BCUT2D eigenvalue weighted by molar-refractivity contribution is 0.0696. The van der Waals surface area contributed by atoms with Crippen molar-refractivity contribution in [3.05, 3.63) is 100 Å². The quantitative estimate of drug-likeness (QED) is 0.437. The Morgan fingerprint density at radius 1 is 0.969 bits per heavy atom. The van der Waals surface area contributed by atoms with Crippen LogP contribution in [0.4, 0.5) is 4.79 Å². The van der Waals surface area contributed by atoms with E-state index in [0.29, 0.717) is 18.5 Å². The predicted molar refractivity (Wildman–Crippen MR) is 125 cm³/mol. The smallest absolute Gasteiger partial charge is 0.407 e. The summed E-state index contributed by atoms with van der Waals surface area (Å²) in [5.41, 5.74) is 5.29. The monoisotopic (exact) mass is 447 g/mol. The highest BCUT2D eigenvalue weighted by atomic mass is 35.5. The lowest BCUT2D eigenvalue weighted by Gasteiger charge is -2.14. The van der Waals surface area contributed by atoms with E-state index in [9.17, 15) is 14.7 Å². The van der Waals surface area contributed by atoms with Gasteiger partial charge in [-0.05, 0) is 40.3 Å². The average Bonchev–Trinajstić information content (AvgIpc) is 3.11. The van der Waals surface area contributed by atoms with E-state index in [1.165, 1.54) is 22.3 Å². The number of rotatable bonds is 7. The van der Waals surface area contributed by atoms with Crippen LogP contribution in [-0.2, 0) is 4.74 Å². The third kappa shape index (κ3) is 4.53. The van der Waals surface area contributed by atoms with Gasteiger partial charge in [0.2, 0.25) is 0 Å². The van der Waals surface area contributed by atoms with Crippen molar-refractivity contribution in [1.82, 2.24) is 5.32 Å². The van der Waals surface area contributed by atoms with Gasteiger partial charge in [-0.2, -0.15) is 0 Å². The Labute approximate surface area is 191 Å². The number of benzene rings is 3. The van der Waals surface area contributed by atoms with E-state index in [0.717, 1.165) is 0 Å². The van der Waals surface area contributed by atoms with E-state index >= 15 is 0 Å². The molecule has 0 atom stereocenters. The summed E-state index contributed by atoms with van der Waals surface area (Å²) in [5, 5.41) is 12.2. The predicted octanol–water partition coefficient (Wildman–Crippen LogP) is 5.98. The SMILES string of the molecule is O=C(NCCC=Cc1cccc(Cl)c1C(=O)O)OCC1c2ccccc2-c2ccccc21. The van der Waals surface area contributed by atoms with Gasteiger partial charge >= 0.3 is 12.1 Å². The standard InChI is InChI=1S/C26H22ClNO4/c27-23-14-7-9-17(24(23)25(29)30)8-5-6-15-28-26(31)32-16-22-20-12-3-1-10-18(20)19-11-2-4-13-21(19)22/h1-5,7-14,22H,6,15-16H2,(H,28,31)(H,29,30). The van der Waals surface area contributed by atoms with Crippen LogP contribution in [0, 0.1) is 0 Å². The van der Waals surface area contributed by atoms with Crippen molar-refractivity contribution in [1.29, 1.82) is 0 Å².